The van der Waals surface area contributed by atoms with E-state index in [1.807, 2.05) is 0 Å². The highest BCUT2D eigenvalue weighted by Crippen LogP contribution is 2.33. The molecule has 1 atom stereocenters. The van der Waals surface area contributed by atoms with Gasteiger partial charge in [0.2, 0.25) is 0 Å². The van der Waals surface area contributed by atoms with E-state index < -0.39 is 8.07 Å². The second-order valence-corrected chi connectivity index (χ2v) is 10.8. The minimum atomic E-state index is -1.64. The van der Waals surface area contributed by atoms with E-state index in [0.717, 1.165) is 5.67 Å². The van der Waals surface area contributed by atoms with Crippen molar-refractivity contribution in [3.05, 3.63) is 60.7 Å². The highest BCUT2D eigenvalue weighted by Gasteiger charge is 2.50. The van der Waals surface area contributed by atoms with Gasteiger partial charge in [-0.05, 0) is 38.4 Å². The fraction of sp³-hybridized carbons (Fsp3) is 0.368. The van der Waals surface area contributed by atoms with Gasteiger partial charge in [-0.25, -0.2) is 0 Å². The summed E-state index contributed by atoms with van der Waals surface area (Å²) in [5, 5.41) is 3.29. The summed E-state index contributed by atoms with van der Waals surface area (Å²) in [4.78, 5) is 2.80. The summed E-state index contributed by atoms with van der Waals surface area (Å²) in [6, 6.07) is 24.3. The van der Waals surface area contributed by atoms with E-state index >= 15 is 0 Å². The van der Waals surface area contributed by atoms with Crippen molar-refractivity contribution in [2.45, 2.75) is 31.0 Å². The number of nitrogens with zero attached hydrogens (tertiary/aromatic N) is 1. The Morgan fingerprint density at radius 1 is 0.762 bits per heavy atom. The molecule has 0 aromatic heterocycles. The first kappa shape index (κ1) is 13.3. The third-order valence-corrected chi connectivity index (χ3v) is 11.2. The van der Waals surface area contributed by atoms with Gasteiger partial charge < -0.3 is 4.90 Å². The number of hydrogen-bond acceptors (Lipinski definition) is 1. The van der Waals surface area contributed by atoms with Crippen molar-refractivity contribution in [3.63, 3.8) is 0 Å². The van der Waals surface area contributed by atoms with Gasteiger partial charge in [-0.2, -0.15) is 0 Å². The van der Waals surface area contributed by atoms with Crippen LogP contribution in [0.1, 0.15) is 19.3 Å². The summed E-state index contributed by atoms with van der Waals surface area (Å²) in [6.07, 6.45) is 4.15. The quantitative estimate of drug-likeness (QED) is 0.770. The molecule has 2 aliphatic rings. The van der Waals surface area contributed by atoms with Gasteiger partial charge in [-0.15, -0.1) is 0 Å². The lowest BCUT2D eigenvalue weighted by atomic mass is 10.3. The molecule has 0 N–H and O–H groups in total. The molecule has 21 heavy (non-hydrogen) atoms. The Balaban J connectivity index is 1.90. The number of rotatable bonds is 2. The third kappa shape index (κ3) is 2.09. The summed E-state index contributed by atoms with van der Waals surface area (Å²) in [7, 11) is -1.64. The van der Waals surface area contributed by atoms with E-state index in [1.165, 1.54) is 38.4 Å². The molecular formula is C19H23NSi. The molecule has 2 heteroatoms. The van der Waals surface area contributed by atoms with Crippen LogP contribution in [-0.2, 0) is 0 Å². The first-order chi connectivity index (χ1) is 10.4. The van der Waals surface area contributed by atoms with Crippen LogP contribution in [0.25, 0.3) is 0 Å². The minimum Gasteiger partial charge on any atom is -0.302 e. The van der Waals surface area contributed by atoms with Gasteiger partial charge >= 0.3 is 0 Å². The Labute approximate surface area is 128 Å². The number of fused-ring (bicyclic) bond motifs is 1. The van der Waals surface area contributed by atoms with Crippen LogP contribution in [0, 0.1) is 0 Å². The second kappa shape index (κ2) is 5.43. The van der Waals surface area contributed by atoms with E-state index in [9.17, 15) is 0 Å². The Morgan fingerprint density at radius 2 is 1.33 bits per heavy atom. The molecule has 2 fully saturated rings. The van der Waals surface area contributed by atoms with Crippen LogP contribution in [0.4, 0.5) is 0 Å². The highest BCUT2D eigenvalue weighted by atomic mass is 28.3. The van der Waals surface area contributed by atoms with E-state index in [-0.39, 0.29) is 0 Å². The van der Waals surface area contributed by atoms with Crippen LogP contribution < -0.4 is 10.4 Å². The molecule has 2 heterocycles. The molecule has 0 bridgehead atoms. The van der Waals surface area contributed by atoms with E-state index in [0.29, 0.717) is 0 Å². The van der Waals surface area contributed by atoms with Crippen molar-refractivity contribution < 1.29 is 0 Å². The van der Waals surface area contributed by atoms with E-state index in [4.69, 9.17) is 0 Å². The zero-order valence-electron chi connectivity index (χ0n) is 12.5. The number of benzene rings is 2. The van der Waals surface area contributed by atoms with Crippen LogP contribution in [0.2, 0.25) is 6.04 Å². The summed E-state index contributed by atoms with van der Waals surface area (Å²) >= 11 is 0. The smallest absolute Gasteiger partial charge is 0.135 e. The summed E-state index contributed by atoms with van der Waals surface area (Å²) < 4.78 is 0. The normalized spacial score (nSPS) is 24.7. The molecule has 2 aromatic carbocycles. The van der Waals surface area contributed by atoms with Crippen LogP contribution in [0.5, 0.6) is 0 Å². The molecule has 1 nitrogen and oxygen atoms in total. The number of hydrogen-bond donors (Lipinski definition) is 0. The first-order valence-corrected chi connectivity index (χ1v) is 10.5. The van der Waals surface area contributed by atoms with Crippen LogP contribution in [0.15, 0.2) is 60.7 Å². The molecular weight excluding hydrogens is 270 g/mol. The lowest BCUT2D eigenvalue weighted by molar-refractivity contribution is 0.290. The van der Waals surface area contributed by atoms with Crippen molar-refractivity contribution >= 4 is 18.4 Å². The zero-order chi connectivity index (χ0) is 14.1. The Bertz CT molecular complexity index is 556. The van der Waals surface area contributed by atoms with Gasteiger partial charge in [0.05, 0.1) is 0 Å². The average Bonchev–Trinajstić information content (AvgIpc) is 3.05. The van der Waals surface area contributed by atoms with Crippen LogP contribution >= 0.6 is 0 Å². The molecule has 4 rings (SSSR count). The van der Waals surface area contributed by atoms with Gasteiger partial charge in [0, 0.05) is 5.67 Å². The maximum Gasteiger partial charge on any atom is 0.135 e. The van der Waals surface area contributed by atoms with Crippen molar-refractivity contribution in [3.8, 4) is 0 Å². The highest BCUT2D eigenvalue weighted by molar-refractivity contribution is 7.03. The van der Waals surface area contributed by atoms with Crippen molar-refractivity contribution in [2.75, 3.05) is 13.1 Å². The monoisotopic (exact) mass is 293 g/mol. The molecule has 0 aliphatic carbocycles. The van der Waals surface area contributed by atoms with E-state index in [1.54, 1.807) is 10.4 Å². The van der Waals surface area contributed by atoms with Crippen LogP contribution in [0.3, 0.4) is 0 Å². The average molecular weight is 293 g/mol. The molecule has 0 amide bonds. The van der Waals surface area contributed by atoms with Gasteiger partial charge in [-0.1, -0.05) is 71.0 Å². The SMILES string of the molecule is c1ccc([Si]2(c3ccccc3)CCCN3CCC[C@@H]32)cc1. The van der Waals surface area contributed by atoms with Gasteiger partial charge in [0.1, 0.15) is 8.07 Å². The topological polar surface area (TPSA) is 3.24 Å². The van der Waals surface area contributed by atoms with Crippen molar-refractivity contribution in [1.29, 1.82) is 0 Å². The van der Waals surface area contributed by atoms with Crippen molar-refractivity contribution in [2.24, 2.45) is 0 Å². The minimum absolute atomic E-state index is 0.816. The summed E-state index contributed by atoms with van der Waals surface area (Å²) in [5.74, 6) is 0. The maximum atomic E-state index is 2.80. The third-order valence-electron chi connectivity index (χ3n) is 5.53. The zero-order valence-corrected chi connectivity index (χ0v) is 13.5. The van der Waals surface area contributed by atoms with E-state index in [2.05, 4.69) is 65.6 Å². The second-order valence-electron chi connectivity index (χ2n) is 6.50. The predicted octanol–water partition coefficient (Wildman–Crippen LogP) is 2.66. The lowest BCUT2D eigenvalue weighted by Crippen LogP contribution is -2.71. The Hall–Kier alpha value is -1.38. The first-order valence-electron chi connectivity index (χ1n) is 8.26. The fourth-order valence-corrected chi connectivity index (χ4v) is 10.6. The van der Waals surface area contributed by atoms with Gasteiger partial charge in [0.25, 0.3) is 0 Å². The Kier molecular flexibility index (Phi) is 3.44. The fourth-order valence-electron chi connectivity index (χ4n) is 4.69. The lowest BCUT2D eigenvalue weighted by Gasteiger charge is -2.46. The molecule has 2 aromatic rings. The Morgan fingerprint density at radius 3 is 1.95 bits per heavy atom. The molecule has 2 saturated heterocycles. The van der Waals surface area contributed by atoms with Gasteiger partial charge in [0.15, 0.2) is 0 Å². The molecule has 0 unspecified atom stereocenters. The summed E-state index contributed by atoms with van der Waals surface area (Å²) in [6.45, 7) is 2.64. The van der Waals surface area contributed by atoms with Gasteiger partial charge in [-0.3, -0.25) is 0 Å². The predicted molar refractivity (Wildman–Crippen MR) is 91.9 cm³/mol. The van der Waals surface area contributed by atoms with Crippen LogP contribution in [-0.4, -0.2) is 31.7 Å². The molecule has 0 spiro atoms. The molecule has 0 radical (unpaired) electrons. The molecule has 2 aliphatic heterocycles. The molecule has 0 saturated carbocycles. The molecule has 108 valence electrons. The summed E-state index contributed by atoms with van der Waals surface area (Å²) in [5.41, 5.74) is 0.816. The maximum absolute atomic E-state index is 2.80. The standard InChI is InChI=1S/C19H23NSi/c1-3-9-17(10-4-1)21(18-11-5-2-6-12-18)16-8-15-20-14-7-13-19(20)21/h1-6,9-12,19H,7-8,13-16H2/t19-/m0/s1. The largest absolute Gasteiger partial charge is 0.302 e. The van der Waals surface area contributed by atoms with Crippen molar-refractivity contribution in [1.82, 2.24) is 4.90 Å².